The van der Waals surface area contributed by atoms with Crippen molar-refractivity contribution >= 4 is 49.4 Å². The van der Waals surface area contributed by atoms with E-state index in [-0.39, 0.29) is 12.2 Å². The Morgan fingerprint density at radius 2 is 2.02 bits per heavy atom. The van der Waals surface area contributed by atoms with E-state index in [1.54, 1.807) is 12.1 Å². The van der Waals surface area contributed by atoms with Crippen molar-refractivity contribution in [3.05, 3.63) is 46.9 Å². The van der Waals surface area contributed by atoms with E-state index in [9.17, 15) is 35.1 Å². The number of rotatable bonds is 11. The second-order valence-electron chi connectivity index (χ2n) is 9.58. The molecule has 0 saturated carbocycles. The topological polar surface area (TPSA) is 179 Å². The lowest BCUT2D eigenvalue weighted by molar-refractivity contribution is -0.284. The molecule has 6 N–H and O–H groups in total. The number of para-hydroxylation sites is 1. The SMILES string of the molecule is CCCCC(=O)NC1C(O)CC(Oc2ccc(Br)cc2-c2nc3ccccc3s2)(C(=O)O)OC1C(O)C(O)CO. The molecule has 1 aromatic heterocycles. The molecular formula is C27H31BrN2O9S. The van der Waals surface area contributed by atoms with Gasteiger partial charge in [-0.05, 0) is 36.8 Å². The van der Waals surface area contributed by atoms with Crippen LogP contribution < -0.4 is 10.1 Å². The lowest BCUT2D eigenvalue weighted by atomic mass is 9.88. The molecular weight excluding hydrogens is 608 g/mol. The Morgan fingerprint density at radius 3 is 2.70 bits per heavy atom. The second-order valence-corrected chi connectivity index (χ2v) is 11.5. The van der Waals surface area contributed by atoms with Crippen LogP contribution in [-0.4, -0.2) is 85.2 Å². The number of carboxylic acids is 1. The number of benzene rings is 2. The Bertz CT molecular complexity index is 1320. The lowest BCUT2D eigenvalue weighted by Crippen LogP contribution is -2.68. The molecule has 2 aromatic carbocycles. The highest BCUT2D eigenvalue weighted by atomic mass is 79.9. The van der Waals surface area contributed by atoms with E-state index in [1.165, 1.54) is 17.4 Å². The van der Waals surface area contributed by atoms with Crippen LogP contribution >= 0.6 is 27.3 Å². The van der Waals surface area contributed by atoms with Crippen LogP contribution in [0, 0.1) is 0 Å². The number of carbonyl (C=O) groups is 2. The van der Waals surface area contributed by atoms with E-state index in [1.807, 2.05) is 31.2 Å². The molecule has 0 spiro atoms. The summed E-state index contributed by atoms with van der Waals surface area (Å²) in [6.45, 7) is 1.03. The zero-order valence-corrected chi connectivity index (χ0v) is 24.0. The van der Waals surface area contributed by atoms with E-state index in [0.29, 0.717) is 21.5 Å². The first-order chi connectivity index (χ1) is 19.1. The molecule has 4 rings (SSSR count). The summed E-state index contributed by atoms with van der Waals surface area (Å²) in [6.07, 6.45) is -5.98. The molecule has 11 nitrogen and oxygen atoms in total. The average molecular weight is 640 g/mol. The first-order valence-electron chi connectivity index (χ1n) is 12.8. The number of nitrogens with zero attached hydrogens (tertiary/aromatic N) is 1. The first-order valence-corrected chi connectivity index (χ1v) is 14.4. The van der Waals surface area contributed by atoms with Crippen LogP contribution in [0.5, 0.6) is 5.75 Å². The number of hydrogen-bond donors (Lipinski definition) is 6. The molecule has 1 fully saturated rings. The summed E-state index contributed by atoms with van der Waals surface area (Å²) in [5, 5.41) is 54.9. The minimum atomic E-state index is -2.52. The number of ether oxygens (including phenoxy) is 2. The molecule has 1 saturated heterocycles. The van der Waals surface area contributed by atoms with Gasteiger partial charge in [0.05, 0.1) is 41.0 Å². The summed E-state index contributed by atoms with van der Waals surface area (Å²) in [7, 11) is 0. The van der Waals surface area contributed by atoms with Gasteiger partial charge in [0, 0.05) is 10.9 Å². The van der Waals surface area contributed by atoms with Crippen LogP contribution in [0.15, 0.2) is 46.9 Å². The number of fused-ring (bicyclic) bond motifs is 1. The molecule has 13 heteroatoms. The Balaban J connectivity index is 1.72. The highest BCUT2D eigenvalue weighted by Gasteiger charge is 2.57. The van der Waals surface area contributed by atoms with E-state index < -0.39 is 61.1 Å². The van der Waals surface area contributed by atoms with Crippen LogP contribution in [0.3, 0.4) is 0 Å². The van der Waals surface area contributed by atoms with Gasteiger partial charge in [-0.1, -0.05) is 41.4 Å². The van der Waals surface area contributed by atoms with Crippen molar-refractivity contribution in [3.8, 4) is 16.3 Å². The third-order valence-electron chi connectivity index (χ3n) is 6.64. The van der Waals surface area contributed by atoms with E-state index in [2.05, 4.69) is 26.2 Å². The third-order valence-corrected chi connectivity index (χ3v) is 8.21. The normalized spacial score (nSPS) is 24.4. The molecule has 216 valence electrons. The predicted octanol–water partition coefficient (Wildman–Crippen LogP) is 2.42. The fourth-order valence-corrected chi connectivity index (χ4v) is 5.86. The fraction of sp³-hybridized carbons (Fsp3) is 0.444. The zero-order chi connectivity index (χ0) is 29.0. The molecule has 2 heterocycles. The number of carbonyl (C=O) groups excluding carboxylic acids is 1. The van der Waals surface area contributed by atoms with E-state index in [0.717, 1.165) is 16.6 Å². The van der Waals surface area contributed by atoms with Crippen LogP contribution in [-0.2, 0) is 14.3 Å². The standard InChI is InChI=1S/C27H31BrN2O9S/c1-2-3-8-21(34)30-22-17(32)12-27(26(36)37,39-24(22)23(35)18(33)13-31)38-19-10-9-14(28)11-15(19)25-29-16-6-4-5-7-20(16)40-25/h4-7,9-11,17-18,22-24,31-33,35H,2-3,8,12-13H2,1H3,(H,30,34)(H,36,37). The summed E-state index contributed by atoms with van der Waals surface area (Å²) in [6, 6.07) is 11.1. The predicted molar refractivity (Wildman–Crippen MR) is 150 cm³/mol. The van der Waals surface area contributed by atoms with Gasteiger partial charge in [0.25, 0.3) is 0 Å². The molecule has 6 unspecified atom stereocenters. The Labute approximate surface area is 242 Å². The molecule has 1 aliphatic heterocycles. The van der Waals surface area contributed by atoms with Gasteiger partial charge in [-0.15, -0.1) is 11.3 Å². The Morgan fingerprint density at radius 1 is 1.27 bits per heavy atom. The van der Waals surface area contributed by atoms with Crippen molar-refractivity contribution in [2.24, 2.45) is 0 Å². The molecule has 0 aliphatic carbocycles. The van der Waals surface area contributed by atoms with Crippen molar-refractivity contribution < 1.29 is 44.6 Å². The minimum Gasteiger partial charge on any atom is -0.476 e. The quantitative estimate of drug-likeness (QED) is 0.183. The van der Waals surface area contributed by atoms with E-state index in [4.69, 9.17) is 9.47 Å². The van der Waals surface area contributed by atoms with Crippen LogP contribution in [0.1, 0.15) is 32.6 Å². The van der Waals surface area contributed by atoms with Crippen molar-refractivity contribution in [1.29, 1.82) is 0 Å². The maximum Gasteiger partial charge on any atom is 0.377 e. The van der Waals surface area contributed by atoms with Gasteiger partial charge in [0.15, 0.2) is 0 Å². The average Bonchev–Trinajstić information content (AvgIpc) is 3.37. The van der Waals surface area contributed by atoms with E-state index >= 15 is 0 Å². The Hall–Kier alpha value is -2.65. The summed E-state index contributed by atoms with van der Waals surface area (Å²) < 4.78 is 13.4. The summed E-state index contributed by atoms with van der Waals surface area (Å²) in [5.74, 6) is -4.49. The molecule has 1 amide bonds. The van der Waals surface area contributed by atoms with Gasteiger partial charge in [0.1, 0.15) is 29.1 Å². The minimum absolute atomic E-state index is 0.0817. The third kappa shape index (κ3) is 6.46. The molecule has 0 bridgehead atoms. The number of halogens is 1. The second kappa shape index (κ2) is 12.9. The van der Waals surface area contributed by atoms with Gasteiger partial charge < -0.3 is 40.3 Å². The van der Waals surface area contributed by atoms with Crippen LogP contribution in [0.4, 0.5) is 0 Å². The fourth-order valence-electron chi connectivity index (χ4n) is 4.52. The molecule has 40 heavy (non-hydrogen) atoms. The number of unbranched alkanes of at least 4 members (excludes halogenated alkanes) is 1. The maximum atomic E-state index is 12.7. The number of thiazole rings is 1. The van der Waals surface area contributed by atoms with Crippen LogP contribution in [0.2, 0.25) is 0 Å². The highest BCUT2D eigenvalue weighted by molar-refractivity contribution is 9.10. The number of aromatic nitrogens is 1. The summed E-state index contributed by atoms with van der Waals surface area (Å²) in [4.78, 5) is 29.8. The molecule has 1 aliphatic rings. The number of carboxylic acid groups (broad SMARTS) is 1. The van der Waals surface area contributed by atoms with Crippen molar-refractivity contribution in [1.82, 2.24) is 10.3 Å². The highest BCUT2D eigenvalue weighted by Crippen LogP contribution is 2.41. The van der Waals surface area contributed by atoms with Gasteiger partial charge in [0.2, 0.25) is 5.91 Å². The number of aliphatic hydroxyl groups excluding tert-OH is 4. The van der Waals surface area contributed by atoms with Gasteiger partial charge in [-0.3, -0.25) is 4.79 Å². The number of hydrogen-bond acceptors (Lipinski definition) is 10. The molecule has 3 aromatic rings. The molecule has 0 radical (unpaired) electrons. The van der Waals surface area contributed by atoms with Crippen molar-refractivity contribution in [2.45, 2.75) is 68.9 Å². The van der Waals surface area contributed by atoms with Crippen molar-refractivity contribution in [2.75, 3.05) is 6.61 Å². The van der Waals surface area contributed by atoms with Crippen LogP contribution in [0.25, 0.3) is 20.8 Å². The first kappa shape index (κ1) is 30.3. The summed E-state index contributed by atoms with van der Waals surface area (Å²) in [5.41, 5.74) is 1.20. The number of aliphatic carboxylic acids is 1. The summed E-state index contributed by atoms with van der Waals surface area (Å²) >= 11 is 4.80. The molecule has 6 atom stereocenters. The maximum absolute atomic E-state index is 12.7. The number of amides is 1. The zero-order valence-electron chi connectivity index (χ0n) is 21.6. The number of aliphatic hydroxyl groups is 4. The number of nitrogens with one attached hydrogen (secondary N) is 1. The monoisotopic (exact) mass is 638 g/mol. The van der Waals surface area contributed by atoms with Gasteiger partial charge >= 0.3 is 11.8 Å². The van der Waals surface area contributed by atoms with Crippen molar-refractivity contribution in [3.63, 3.8) is 0 Å². The lowest BCUT2D eigenvalue weighted by Gasteiger charge is -2.46. The van der Waals surface area contributed by atoms with Gasteiger partial charge in [-0.2, -0.15) is 0 Å². The smallest absolute Gasteiger partial charge is 0.377 e. The Kier molecular flexibility index (Phi) is 9.77. The largest absolute Gasteiger partial charge is 0.476 e. The van der Waals surface area contributed by atoms with Gasteiger partial charge in [-0.25, -0.2) is 9.78 Å².